The van der Waals surface area contributed by atoms with Gasteiger partial charge in [0.05, 0.1) is 32.5 Å². The van der Waals surface area contributed by atoms with E-state index in [0.717, 1.165) is 9.87 Å². The molecule has 0 aromatic heterocycles. The van der Waals surface area contributed by atoms with Gasteiger partial charge in [-0.1, -0.05) is 6.07 Å². The third-order valence-electron chi connectivity index (χ3n) is 6.22. The molecule has 0 unspecified atom stereocenters. The Hall–Kier alpha value is -2.94. The molecule has 3 saturated carbocycles. The van der Waals surface area contributed by atoms with Crippen LogP contribution in [0.4, 0.5) is 5.69 Å². The molecule has 11 heteroatoms. The number of hydrogen-bond acceptors (Lipinski definition) is 6. The monoisotopic (exact) mass is 488 g/mol. The number of sulfonamides is 2. The van der Waals surface area contributed by atoms with Crippen molar-refractivity contribution in [3.63, 3.8) is 0 Å². The first-order chi connectivity index (χ1) is 15.3. The predicted molar refractivity (Wildman–Crippen MR) is 121 cm³/mol. The van der Waals surface area contributed by atoms with E-state index >= 15 is 0 Å². The van der Waals surface area contributed by atoms with Crippen LogP contribution in [0, 0.1) is 23.7 Å². The van der Waals surface area contributed by atoms with Crippen LogP contribution in [0.25, 0.3) is 0 Å². The Labute approximate surface area is 193 Å². The number of amides is 1. The van der Waals surface area contributed by atoms with E-state index in [0.29, 0.717) is 19.3 Å². The lowest BCUT2D eigenvalue weighted by molar-refractivity contribution is -0.102. The van der Waals surface area contributed by atoms with E-state index in [-0.39, 0.29) is 32.0 Å². The molecule has 9 nitrogen and oxygen atoms in total. The predicted octanol–water partition coefficient (Wildman–Crippen LogP) is 2.22. The zero-order chi connectivity index (χ0) is 24.2. The number of nitrogens with zero attached hydrogens (tertiary/aromatic N) is 2. The molecule has 0 saturated heterocycles. The number of nitrogens with one attached hydrogen (secondary N) is 2. The van der Waals surface area contributed by atoms with E-state index in [4.69, 9.17) is 0 Å². The number of anilines is 1. The van der Waals surface area contributed by atoms with Gasteiger partial charge in [-0.25, -0.2) is 21.1 Å². The number of carbonyl (C=O) groups is 1. The van der Waals surface area contributed by atoms with Crippen LogP contribution in [-0.2, 0) is 20.0 Å². The lowest BCUT2D eigenvalue weighted by Crippen LogP contribution is -2.74. The average molecular weight is 489 g/mol. The highest BCUT2D eigenvalue weighted by molar-refractivity contribution is 7.92. The van der Waals surface area contributed by atoms with Crippen LogP contribution >= 0.6 is 0 Å². The molecule has 174 valence electrons. The van der Waals surface area contributed by atoms with Crippen LogP contribution < -0.4 is 10.0 Å². The van der Waals surface area contributed by atoms with Gasteiger partial charge in [-0.05, 0) is 68.1 Å². The molecule has 2 aromatic rings. The number of hydrogen-bond donors (Lipinski definition) is 2. The molecule has 5 rings (SSSR count). The number of aryl methyl sites for hydroxylation is 1. The van der Waals surface area contributed by atoms with Gasteiger partial charge in [0.15, 0.2) is 0 Å². The first kappa shape index (κ1) is 23.2. The molecule has 0 atom stereocenters. The van der Waals surface area contributed by atoms with Gasteiger partial charge in [-0.2, -0.15) is 5.26 Å². The minimum Gasteiger partial charge on any atom is -0.346 e. The quantitative estimate of drug-likeness (QED) is 0.613. The zero-order valence-corrected chi connectivity index (χ0v) is 20.0. The highest BCUT2D eigenvalue weighted by atomic mass is 32.2. The molecule has 1 amide bonds. The second-order valence-corrected chi connectivity index (χ2v) is 12.9. The van der Waals surface area contributed by atoms with E-state index in [1.165, 1.54) is 38.4 Å². The summed E-state index contributed by atoms with van der Waals surface area (Å²) in [4.78, 5) is 12.8. The summed E-state index contributed by atoms with van der Waals surface area (Å²) in [6, 6.07) is 12.0. The standard InChI is InChI=1S/C22H24N4O5S2/c1-15-4-9-18(20(27)24-22-11-21(12-22,13-22)14-23)19(10-15)25-32(28,29)16-5-7-17(8-6-16)33(30,31)26(2)3/h4-10,25H,11-13H2,1-3H3,(H,24,27). The van der Waals surface area contributed by atoms with Crippen LogP contribution in [-0.4, -0.2) is 46.7 Å². The fraction of sp³-hybridized carbons (Fsp3) is 0.364. The van der Waals surface area contributed by atoms with Gasteiger partial charge in [-0.3, -0.25) is 9.52 Å². The highest BCUT2D eigenvalue weighted by Gasteiger charge is 2.69. The lowest BCUT2D eigenvalue weighted by Gasteiger charge is -2.66. The number of nitriles is 1. The first-order valence-electron chi connectivity index (χ1n) is 10.2. The molecule has 0 spiro atoms. The fourth-order valence-electron chi connectivity index (χ4n) is 4.49. The van der Waals surface area contributed by atoms with Gasteiger partial charge in [-0.15, -0.1) is 0 Å². The van der Waals surface area contributed by atoms with E-state index in [2.05, 4.69) is 16.1 Å². The van der Waals surface area contributed by atoms with Crippen molar-refractivity contribution in [3.05, 3.63) is 53.6 Å². The SMILES string of the molecule is Cc1ccc(C(=O)NC23CC(C#N)(C2)C3)c(NS(=O)(=O)c2ccc(S(=O)(=O)N(C)C)cc2)c1. The van der Waals surface area contributed by atoms with E-state index < -0.39 is 26.0 Å². The molecule has 0 aliphatic heterocycles. The van der Waals surface area contributed by atoms with E-state index in [1.807, 2.05) is 0 Å². The maximum Gasteiger partial charge on any atom is 0.261 e. The first-order valence-corrected chi connectivity index (χ1v) is 13.1. The molecule has 33 heavy (non-hydrogen) atoms. The molecule has 0 heterocycles. The van der Waals surface area contributed by atoms with E-state index in [9.17, 15) is 26.9 Å². The normalized spacial score (nSPS) is 23.7. The third kappa shape index (κ3) is 3.99. The van der Waals surface area contributed by atoms with Gasteiger partial charge < -0.3 is 5.32 Å². The molecule has 2 bridgehead atoms. The number of benzene rings is 2. The average Bonchev–Trinajstić information content (AvgIpc) is 2.69. The second kappa shape index (κ2) is 7.55. The van der Waals surface area contributed by atoms with Crippen molar-refractivity contribution < 1.29 is 21.6 Å². The van der Waals surface area contributed by atoms with Crippen LogP contribution in [0.5, 0.6) is 0 Å². The molecule has 3 aliphatic carbocycles. The van der Waals surface area contributed by atoms with Crippen LogP contribution in [0.15, 0.2) is 52.3 Å². The summed E-state index contributed by atoms with van der Waals surface area (Å²) < 4.78 is 53.9. The largest absolute Gasteiger partial charge is 0.346 e. The van der Waals surface area contributed by atoms with Crippen molar-refractivity contribution in [2.45, 2.75) is 41.5 Å². The minimum absolute atomic E-state index is 0.0317. The lowest BCUT2D eigenvalue weighted by atomic mass is 9.40. The van der Waals surface area contributed by atoms with Gasteiger partial charge in [0, 0.05) is 19.6 Å². The molecular formula is C22H24N4O5S2. The number of rotatable bonds is 7. The van der Waals surface area contributed by atoms with Crippen molar-refractivity contribution in [3.8, 4) is 6.07 Å². The Balaban J connectivity index is 1.57. The maximum absolute atomic E-state index is 13.0. The summed E-state index contributed by atoms with van der Waals surface area (Å²) in [5, 5.41) is 12.1. The summed E-state index contributed by atoms with van der Waals surface area (Å²) in [6.45, 7) is 1.78. The summed E-state index contributed by atoms with van der Waals surface area (Å²) in [7, 11) is -5.01. The van der Waals surface area contributed by atoms with Crippen molar-refractivity contribution in [1.82, 2.24) is 9.62 Å². The van der Waals surface area contributed by atoms with Gasteiger partial charge in [0.1, 0.15) is 0 Å². The Morgan fingerprint density at radius 2 is 1.58 bits per heavy atom. The van der Waals surface area contributed by atoms with Crippen molar-refractivity contribution >= 4 is 31.6 Å². The van der Waals surface area contributed by atoms with Gasteiger partial charge in [0.25, 0.3) is 15.9 Å². The Bertz CT molecular complexity index is 1370. The molecular weight excluding hydrogens is 464 g/mol. The van der Waals surface area contributed by atoms with Crippen molar-refractivity contribution in [1.29, 1.82) is 5.26 Å². The van der Waals surface area contributed by atoms with Crippen LogP contribution in [0.2, 0.25) is 0 Å². The van der Waals surface area contributed by atoms with Crippen molar-refractivity contribution in [2.75, 3.05) is 18.8 Å². The van der Waals surface area contributed by atoms with E-state index in [1.54, 1.807) is 25.1 Å². The Morgan fingerprint density at radius 1 is 1.00 bits per heavy atom. The van der Waals surface area contributed by atoms with Crippen LogP contribution in [0.1, 0.15) is 35.2 Å². The minimum atomic E-state index is -4.09. The Morgan fingerprint density at radius 3 is 2.12 bits per heavy atom. The van der Waals surface area contributed by atoms with Crippen molar-refractivity contribution in [2.24, 2.45) is 5.41 Å². The summed E-state index contributed by atoms with van der Waals surface area (Å²) >= 11 is 0. The summed E-state index contributed by atoms with van der Waals surface area (Å²) in [6.07, 6.45) is 1.83. The fourth-order valence-corrected chi connectivity index (χ4v) is 6.47. The topological polar surface area (TPSA) is 136 Å². The molecule has 3 fully saturated rings. The molecule has 2 N–H and O–H groups in total. The van der Waals surface area contributed by atoms with Gasteiger partial charge in [0.2, 0.25) is 10.0 Å². The zero-order valence-electron chi connectivity index (χ0n) is 18.4. The van der Waals surface area contributed by atoms with Gasteiger partial charge >= 0.3 is 0 Å². The molecule has 3 aliphatic rings. The maximum atomic E-state index is 13.0. The second-order valence-electron chi connectivity index (χ2n) is 9.07. The third-order valence-corrected chi connectivity index (χ3v) is 9.43. The smallest absolute Gasteiger partial charge is 0.261 e. The molecule has 2 aromatic carbocycles. The Kier molecular flexibility index (Phi) is 5.31. The summed E-state index contributed by atoms with van der Waals surface area (Å²) in [5.74, 6) is -0.411. The van der Waals surface area contributed by atoms with Crippen LogP contribution in [0.3, 0.4) is 0 Å². The summed E-state index contributed by atoms with van der Waals surface area (Å²) in [5.41, 5.74) is 0.343. The molecule has 0 radical (unpaired) electrons. The number of carbonyl (C=O) groups excluding carboxylic acids is 1. The highest BCUT2D eigenvalue weighted by Crippen LogP contribution is 2.66.